The molecule has 6 heterocycles. The zero-order chi connectivity index (χ0) is 38.5. The van der Waals surface area contributed by atoms with Gasteiger partial charge in [0.05, 0.1) is 17.4 Å². The molecule has 11 N–H and O–H groups in total. The topological polar surface area (TPSA) is 229 Å². The molecule has 0 aliphatic carbocycles. The van der Waals surface area contributed by atoms with Gasteiger partial charge in [0.15, 0.2) is 17.4 Å². The molecule has 0 bridgehead atoms. The molecular formula is C38H45FN12O4. The smallest absolute Gasteiger partial charge is 0.255 e. The molecule has 0 radical (unpaired) electrons. The summed E-state index contributed by atoms with van der Waals surface area (Å²) < 4.78 is 14.0. The summed E-state index contributed by atoms with van der Waals surface area (Å²) in [5.41, 5.74) is 24.1. The fraction of sp³-hybridized carbons (Fsp3) is 0.368. The van der Waals surface area contributed by atoms with Crippen LogP contribution < -0.4 is 43.6 Å². The summed E-state index contributed by atoms with van der Waals surface area (Å²) in [7, 11) is 0. The Labute approximate surface area is 317 Å². The number of nitrogens with two attached hydrogens (primary N) is 4. The van der Waals surface area contributed by atoms with Crippen LogP contribution >= 0.6 is 0 Å². The number of imide groups is 1. The zero-order valence-corrected chi connectivity index (χ0v) is 30.2. The number of allylic oxidation sites excluding steroid dienone is 1. The van der Waals surface area contributed by atoms with Crippen molar-refractivity contribution < 1.29 is 23.9 Å². The number of aromatic hydroxyl groups is 1. The first-order valence-electron chi connectivity index (χ1n) is 18.4. The molecular weight excluding hydrogens is 707 g/mol. The number of hydrogen-bond donors (Lipinski definition) is 7. The van der Waals surface area contributed by atoms with Crippen LogP contribution in [0, 0.1) is 5.82 Å². The third kappa shape index (κ3) is 6.80. The number of para-hydroxylation sites is 1. The minimum absolute atomic E-state index is 0.0486. The quantitative estimate of drug-likeness (QED) is 0.0942. The molecule has 17 heteroatoms. The van der Waals surface area contributed by atoms with Crippen molar-refractivity contribution in [1.29, 1.82) is 0 Å². The number of nitrogen functional groups attached to an aromatic ring is 1. The van der Waals surface area contributed by atoms with Crippen LogP contribution in [0.5, 0.6) is 5.75 Å². The minimum Gasteiger partial charge on any atom is -0.504 e. The van der Waals surface area contributed by atoms with Crippen molar-refractivity contribution in [3.05, 3.63) is 94.3 Å². The summed E-state index contributed by atoms with van der Waals surface area (Å²) >= 11 is 0. The number of benzene rings is 2. The lowest BCUT2D eigenvalue weighted by atomic mass is 10.0. The Kier molecular flexibility index (Phi) is 9.34. The minimum atomic E-state index is -0.761. The fourth-order valence-electron chi connectivity index (χ4n) is 8.35. The van der Waals surface area contributed by atoms with E-state index in [2.05, 4.69) is 25.3 Å². The highest BCUT2D eigenvalue weighted by Crippen LogP contribution is 2.35. The molecule has 3 unspecified atom stereocenters. The maximum absolute atomic E-state index is 14.0. The van der Waals surface area contributed by atoms with Crippen molar-refractivity contribution in [2.75, 3.05) is 54.9 Å². The van der Waals surface area contributed by atoms with Gasteiger partial charge in [-0.3, -0.25) is 29.6 Å². The first kappa shape index (κ1) is 35.9. The molecule has 288 valence electrons. The molecule has 2 aromatic carbocycles. The molecule has 0 spiro atoms. The Morgan fingerprint density at radius 3 is 2.64 bits per heavy atom. The van der Waals surface area contributed by atoms with Crippen molar-refractivity contribution >= 4 is 40.6 Å². The van der Waals surface area contributed by atoms with Crippen LogP contribution in [0.4, 0.5) is 21.6 Å². The Balaban J connectivity index is 0.870. The van der Waals surface area contributed by atoms with E-state index in [1.807, 2.05) is 24.3 Å². The number of aromatic nitrogens is 1. The van der Waals surface area contributed by atoms with Gasteiger partial charge in [-0.05, 0) is 60.4 Å². The predicted octanol–water partition coefficient (Wildman–Crippen LogP) is 0.446. The number of hydrazine groups is 1. The normalized spacial score (nSPS) is 23.2. The van der Waals surface area contributed by atoms with Gasteiger partial charge in [0.1, 0.15) is 11.9 Å². The second-order valence-electron chi connectivity index (χ2n) is 14.8. The molecule has 3 amide bonds. The van der Waals surface area contributed by atoms with E-state index in [1.165, 1.54) is 6.07 Å². The number of nitrogens with zero attached hydrogens (tertiary/aromatic N) is 6. The fourth-order valence-corrected chi connectivity index (χ4v) is 8.35. The maximum Gasteiger partial charge on any atom is 0.255 e. The lowest BCUT2D eigenvalue weighted by Crippen LogP contribution is -2.52. The second kappa shape index (κ2) is 14.3. The second-order valence-corrected chi connectivity index (χ2v) is 14.8. The van der Waals surface area contributed by atoms with E-state index in [0.29, 0.717) is 67.6 Å². The summed E-state index contributed by atoms with van der Waals surface area (Å²) in [5.74, 6) is 5.40. The summed E-state index contributed by atoms with van der Waals surface area (Å²) in [4.78, 5) is 50.4. The number of hydrogen-bond acceptors (Lipinski definition) is 14. The number of phenols is 1. The lowest BCUT2D eigenvalue weighted by Gasteiger charge is -2.36. The highest BCUT2D eigenvalue weighted by molar-refractivity contribution is 6.05. The van der Waals surface area contributed by atoms with Crippen molar-refractivity contribution in [3.63, 3.8) is 0 Å². The molecule has 0 saturated carbocycles. The molecule has 55 heavy (non-hydrogen) atoms. The standard InChI is InChI=1S/C38H45FN12O4/c39-28-3-1-2-26(34(28)53)29(40)15-32-35(42)44-17-24-13-25(20-49(24)32)51(43)36-30(41)12-21(16-45-36)18-47-8-10-48(11-9-47)23-5-4-22-19-50(38(55)27(22)14-23)31-6-7-33(52)46-37(31)54/h1-5,12,14-16,24-25,31,44,53H,6-11,13,17-20,40-43H2,(H,46,52,54)/b29-15-. The SMILES string of the molecule is NC1=C(/C=C(\N)c2cccc(F)c2O)N2CC(N(N)c3ncc(CN4CCN(c5ccc6c(c5)C(=O)N(C5CCC(=O)NC5=O)C6)CC4)cc3N)CC2CN1. The Hall–Kier alpha value is -6.07. The van der Waals surface area contributed by atoms with Crippen LogP contribution in [0.15, 0.2) is 66.3 Å². The Morgan fingerprint density at radius 1 is 1.07 bits per heavy atom. The Bertz CT molecular complexity index is 2120. The van der Waals surface area contributed by atoms with Crippen molar-refractivity contribution in [3.8, 4) is 5.75 Å². The third-order valence-electron chi connectivity index (χ3n) is 11.3. The van der Waals surface area contributed by atoms with Crippen molar-refractivity contribution in [2.45, 2.75) is 50.5 Å². The monoisotopic (exact) mass is 752 g/mol. The van der Waals surface area contributed by atoms with Gasteiger partial charge in [0.25, 0.3) is 5.91 Å². The summed E-state index contributed by atoms with van der Waals surface area (Å²) in [6.07, 6.45) is 4.70. The van der Waals surface area contributed by atoms with E-state index < -0.39 is 23.5 Å². The van der Waals surface area contributed by atoms with Gasteiger partial charge >= 0.3 is 0 Å². The summed E-state index contributed by atoms with van der Waals surface area (Å²) in [6, 6.07) is 11.3. The number of piperazine rings is 1. The molecule has 1 aromatic heterocycles. The van der Waals surface area contributed by atoms with Crippen molar-refractivity contribution in [2.24, 2.45) is 17.3 Å². The third-order valence-corrected chi connectivity index (χ3v) is 11.3. The highest BCUT2D eigenvalue weighted by Gasteiger charge is 2.41. The molecule has 5 aliphatic rings. The van der Waals surface area contributed by atoms with Gasteiger partial charge in [0, 0.05) is 93.5 Å². The molecule has 8 rings (SSSR count). The maximum atomic E-state index is 14.0. The number of halogens is 1. The van der Waals surface area contributed by atoms with E-state index >= 15 is 0 Å². The average Bonchev–Trinajstić information content (AvgIpc) is 3.75. The largest absolute Gasteiger partial charge is 0.504 e. The van der Waals surface area contributed by atoms with Gasteiger partial charge in [-0.1, -0.05) is 12.1 Å². The van der Waals surface area contributed by atoms with Crippen LogP contribution in [0.2, 0.25) is 0 Å². The number of phenolic OH excluding ortho intramolecular Hbond substituents is 1. The number of carbonyl (C=O) groups excluding carboxylic acids is 3. The number of carbonyl (C=O) groups is 3. The number of amides is 3. The van der Waals surface area contributed by atoms with E-state index in [1.54, 1.807) is 28.2 Å². The zero-order valence-electron chi connectivity index (χ0n) is 30.2. The molecule has 3 saturated heterocycles. The molecule has 5 aliphatic heterocycles. The van der Waals surface area contributed by atoms with Crippen LogP contribution in [-0.4, -0.2) is 99.9 Å². The van der Waals surface area contributed by atoms with Gasteiger partial charge in [-0.25, -0.2) is 15.2 Å². The van der Waals surface area contributed by atoms with Crippen molar-refractivity contribution in [1.82, 2.24) is 30.3 Å². The Morgan fingerprint density at radius 2 is 1.87 bits per heavy atom. The van der Waals surface area contributed by atoms with E-state index in [0.717, 1.165) is 49.1 Å². The van der Waals surface area contributed by atoms with Gasteiger partial charge < -0.3 is 42.3 Å². The predicted molar refractivity (Wildman–Crippen MR) is 204 cm³/mol. The average molecular weight is 753 g/mol. The molecule has 16 nitrogen and oxygen atoms in total. The molecule has 3 atom stereocenters. The van der Waals surface area contributed by atoms with Crippen LogP contribution in [-0.2, 0) is 22.7 Å². The van der Waals surface area contributed by atoms with Crippen LogP contribution in [0.25, 0.3) is 5.70 Å². The number of piperidine rings is 1. The summed E-state index contributed by atoms with van der Waals surface area (Å²) in [5, 5.41) is 17.4. The first-order chi connectivity index (χ1) is 26.4. The van der Waals surface area contributed by atoms with Gasteiger partial charge in [0.2, 0.25) is 11.8 Å². The number of anilines is 3. The number of pyridine rings is 1. The van der Waals surface area contributed by atoms with E-state index in [4.69, 9.17) is 28.0 Å². The van der Waals surface area contributed by atoms with E-state index in [-0.39, 0.29) is 41.6 Å². The van der Waals surface area contributed by atoms with Gasteiger partial charge in [-0.15, -0.1) is 0 Å². The molecule has 3 aromatic rings. The van der Waals surface area contributed by atoms with Crippen LogP contribution in [0.1, 0.15) is 46.3 Å². The number of rotatable bonds is 8. The first-order valence-corrected chi connectivity index (χ1v) is 18.4. The van der Waals surface area contributed by atoms with Gasteiger partial charge in [-0.2, -0.15) is 0 Å². The lowest BCUT2D eigenvalue weighted by molar-refractivity contribution is -0.136. The molecule has 3 fully saturated rings. The summed E-state index contributed by atoms with van der Waals surface area (Å²) in [6.45, 7) is 5.25. The highest BCUT2D eigenvalue weighted by atomic mass is 19.1. The number of nitrogens with one attached hydrogen (secondary N) is 2. The van der Waals surface area contributed by atoms with Crippen LogP contribution in [0.3, 0.4) is 0 Å². The van der Waals surface area contributed by atoms with E-state index in [9.17, 15) is 23.9 Å². The number of fused-ring (bicyclic) bond motifs is 2.